The van der Waals surface area contributed by atoms with E-state index in [2.05, 4.69) is 9.97 Å². The van der Waals surface area contributed by atoms with Gasteiger partial charge in [-0.15, -0.1) is 20.5 Å². The normalized spacial score (nSPS) is 11.1. The van der Waals surface area contributed by atoms with E-state index in [1.54, 1.807) is 48.8 Å². The molecule has 0 aliphatic heterocycles. The van der Waals surface area contributed by atoms with Crippen LogP contribution in [0, 0.1) is 30.3 Å². The molecule has 0 saturated carbocycles. The molecule has 0 unspecified atom stereocenters. The molecule has 1 radical (unpaired) electrons. The molecule has 0 spiro atoms. The fourth-order valence-electron chi connectivity index (χ4n) is 1.64. The molecular weight excluding hydrogens is 567 g/mol. The first-order valence-corrected chi connectivity index (χ1v) is 11.5. The van der Waals surface area contributed by atoms with Gasteiger partial charge in [0.1, 0.15) is 23.5 Å². The number of rotatable bonds is 2. The van der Waals surface area contributed by atoms with Crippen molar-refractivity contribution in [3.8, 4) is 0 Å². The molecule has 2 aromatic rings. The number of pyridine rings is 2. The van der Waals surface area contributed by atoms with E-state index in [-0.39, 0.29) is 17.1 Å². The van der Waals surface area contributed by atoms with Gasteiger partial charge < -0.3 is 0 Å². The number of aromatic nitrogens is 2. The smallest absolute Gasteiger partial charge is 0.222 e. The fraction of sp³-hybridized carbons (Fsp3) is 0.444. The minimum atomic E-state index is -4.94. The third kappa shape index (κ3) is 25.2. The standard InChI is InChI=1S/2C9H13N2O.2ClHO4.Cu/c2*1-9(2,3)11(12)8-6-4-5-7-10-8;2*2-1(3,4)5;/h2*4-7H,1-3H3;2*(H,2,3,4,5);/q2*+1;;;/p-2. The third-order valence-corrected chi connectivity index (χ3v) is 2.93. The van der Waals surface area contributed by atoms with E-state index >= 15 is 0 Å². The first kappa shape index (κ1) is 37.8. The summed E-state index contributed by atoms with van der Waals surface area (Å²) in [5, 5.41) is 0. The van der Waals surface area contributed by atoms with Crippen LogP contribution in [-0.2, 0) is 17.1 Å². The summed E-state index contributed by atoms with van der Waals surface area (Å²) < 4.78 is 69.8. The van der Waals surface area contributed by atoms with Crippen LogP contribution in [0.4, 0.5) is 11.6 Å². The fourth-order valence-corrected chi connectivity index (χ4v) is 1.64. The van der Waals surface area contributed by atoms with Crippen molar-refractivity contribution < 1.29 is 84.3 Å². The van der Waals surface area contributed by atoms with Gasteiger partial charge in [0, 0.05) is 29.2 Å². The molecule has 2 heterocycles. The maximum Gasteiger partial charge on any atom is 0.361 e. The Bertz CT molecular complexity index is 784. The molecule has 0 saturated heterocycles. The first-order valence-electron chi connectivity index (χ1n) is 9.03. The second-order valence-corrected chi connectivity index (χ2v) is 9.57. The van der Waals surface area contributed by atoms with Crippen molar-refractivity contribution >= 4 is 11.6 Å². The van der Waals surface area contributed by atoms with Gasteiger partial charge in [0.2, 0.25) is 0 Å². The maximum atomic E-state index is 11.5. The Hall–Kier alpha value is -1.72. The van der Waals surface area contributed by atoms with E-state index in [0.717, 1.165) is 9.52 Å². The SMILES string of the molecule is CC(C)(C)[N+](=O)c1ccccn1.CC(C)(C)[N+](=O)c1ccccn1.[Cu].[O-][Cl+3]([O-])([O-])[O-].[O-][Cl+3]([O-])([O-])[O-]. The van der Waals surface area contributed by atoms with Gasteiger partial charge in [-0.3, -0.25) is 0 Å². The topological polar surface area (TPSA) is 250 Å². The van der Waals surface area contributed by atoms with Crippen LogP contribution in [0.5, 0.6) is 0 Å². The van der Waals surface area contributed by atoms with Crippen molar-refractivity contribution in [2.24, 2.45) is 0 Å². The van der Waals surface area contributed by atoms with Gasteiger partial charge in [0.05, 0.1) is 0 Å². The maximum absolute atomic E-state index is 11.5. The van der Waals surface area contributed by atoms with Crippen molar-refractivity contribution in [2.75, 3.05) is 0 Å². The van der Waals surface area contributed by atoms with Crippen molar-refractivity contribution in [1.29, 1.82) is 0 Å². The molecule has 0 atom stereocenters. The summed E-state index contributed by atoms with van der Waals surface area (Å²) in [7, 11) is -9.89. The summed E-state index contributed by atoms with van der Waals surface area (Å²) >= 11 is 0. The summed E-state index contributed by atoms with van der Waals surface area (Å²) in [6, 6.07) is 10.6. The van der Waals surface area contributed by atoms with Gasteiger partial charge in [0.25, 0.3) is 0 Å². The van der Waals surface area contributed by atoms with Crippen molar-refractivity contribution in [1.82, 2.24) is 9.97 Å². The Morgan fingerprint density at radius 1 is 0.600 bits per heavy atom. The molecular formula is C18H26Cl2CuN4O10. The molecule has 2 aromatic heterocycles. The average molecular weight is 593 g/mol. The Balaban J connectivity index is -0.000000419. The van der Waals surface area contributed by atoms with Crippen LogP contribution in [0.25, 0.3) is 0 Å². The summed E-state index contributed by atoms with van der Waals surface area (Å²) in [4.78, 5) is 31.0. The average Bonchev–Trinajstić information content (AvgIpc) is 2.64. The van der Waals surface area contributed by atoms with E-state index in [0.29, 0.717) is 11.6 Å². The van der Waals surface area contributed by atoms with Gasteiger partial charge in [-0.25, -0.2) is 37.3 Å². The Morgan fingerprint density at radius 3 is 0.971 bits per heavy atom. The summed E-state index contributed by atoms with van der Waals surface area (Å²) in [5.74, 6) is 0.926. The molecule has 0 aliphatic rings. The Labute approximate surface area is 217 Å². The molecule has 14 nitrogen and oxygen atoms in total. The van der Waals surface area contributed by atoms with E-state index in [1.165, 1.54) is 0 Å². The van der Waals surface area contributed by atoms with Gasteiger partial charge >= 0.3 is 11.6 Å². The second kappa shape index (κ2) is 16.1. The Morgan fingerprint density at radius 2 is 0.829 bits per heavy atom. The zero-order chi connectivity index (χ0) is 27.4. The van der Waals surface area contributed by atoms with Crippen molar-refractivity contribution in [3.63, 3.8) is 0 Å². The van der Waals surface area contributed by atoms with Gasteiger partial charge in [-0.2, -0.15) is 0 Å². The molecule has 0 bridgehead atoms. The van der Waals surface area contributed by atoms with Crippen LogP contribution in [0.1, 0.15) is 41.5 Å². The molecule has 0 aromatic carbocycles. The van der Waals surface area contributed by atoms with Crippen LogP contribution in [0.15, 0.2) is 48.8 Å². The molecule has 35 heavy (non-hydrogen) atoms. The van der Waals surface area contributed by atoms with E-state index in [9.17, 15) is 9.81 Å². The quantitative estimate of drug-likeness (QED) is 0.235. The molecule has 2 rings (SSSR count). The zero-order valence-electron chi connectivity index (χ0n) is 19.5. The number of halogens is 2. The minimum Gasteiger partial charge on any atom is -0.222 e. The summed E-state index contributed by atoms with van der Waals surface area (Å²) in [5.41, 5.74) is -0.845. The largest absolute Gasteiger partial charge is 0.361 e. The number of hydrogen-bond acceptors (Lipinski definition) is 12. The monoisotopic (exact) mass is 591 g/mol. The predicted molar refractivity (Wildman–Crippen MR) is 94.6 cm³/mol. The predicted octanol–water partition coefficient (Wildman–Crippen LogP) is -4.93. The van der Waals surface area contributed by atoms with Gasteiger partial charge in [0.15, 0.2) is 0 Å². The van der Waals surface area contributed by atoms with Crippen LogP contribution >= 0.6 is 0 Å². The third-order valence-electron chi connectivity index (χ3n) is 2.93. The van der Waals surface area contributed by atoms with Crippen LogP contribution in [-0.4, -0.2) is 30.6 Å². The number of hydrogen-bond donors (Lipinski definition) is 0. The minimum absolute atomic E-state index is 0. The molecule has 17 heteroatoms. The van der Waals surface area contributed by atoms with Crippen LogP contribution in [0.2, 0.25) is 0 Å². The first-order chi connectivity index (χ1) is 15.0. The molecule has 0 fully saturated rings. The van der Waals surface area contributed by atoms with E-state index in [4.69, 9.17) is 37.3 Å². The van der Waals surface area contributed by atoms with Crippen LogP contribution < -0.4 is 37.3 Å². The molecule has 0 aliphatic carbocycles. The van der Waals surface area contributed by atoms with Crippen LogP contribution in [0.3, 0.4) is 0 Å². The van der Waals surface area contributed by atoms with Crippen molar-refractivity contribution in [3.05, 3.63) is 58.6 Å². The zero-order valence-corrected chi connectivity index (χ0v) is 22.0. The summed E-state index contributed by atoms with van der Waals surface area (Å²) in [6.07, 6.45) is 3.23. The number of nitroso groups, excluding NO2 is 2. The van der Waals surface area contributed by atoms with E-state index in [1.807, 2.05) is 41.5 Å². The second-order valence-electron chi connectivity index (χ2n) is 8.06. The van der Waals surface area contributed by atoms with E-state index < -0.39 is 31.6 Å². The molecule has 0 N–H and O–H groups in total. The molecule has 0 amide bonds. The van der Waals surface area contributed by atoms with Gasteiger partial charge in [-0.05, 0) is 73.2 Å². The van der Waals surface area contributed by atoms with Crippen molar-refractivity contribution in [2.45, 2.75) is 52.6 Å². The molecule has 203 valence electrons. The Kier molecular flexibility index (Phi) is 17.4. The van der Waals surface area contributed by atoms with Gasteiger partial charge in [-0.1, -0.05) is 21.9 Å². The summed E-state index contributed by atoms with van der Waals surface area (Å²) in [6.45, 7) is 11.1. The number of nitrogens with zero attached hydrogens (tertiary/aromatic N) is 4.